The molecule has 4 heteroatoms. The minimum Gasteiger partial charge on any atom is -0.333 e. The first kappa shape index (κ1) is 19.0. The minimum absolute atomic E-state index is 1.00. The molecule has 0 spiro atoms. The Morgan fingerprint density at radius 3 is 0.500 bits per heavy atom. The van der Waals surface area contributed by atoms with Crippen LogP contribution >= 0.6 is 37.2 Å². The zero-order valence-electron chi connectivity index (χ0n) is 9.65. The van der Waals surface area contributed by atoms with Crippen LogP contribution in [0.1, 0.15) is 0 Å². The molecule has 0 amide bonds. The van der Waals surface area contributed by atoms with Crippen molar-refractivity contribution in [2.45, 2.75) is 0 Å². The van der Waals surface area contributed by atoms with E-state index >= 15 is 0 Å². The predicted molar refractivity (Wildman–Crippen MR) is 76.0 cm³/mol. The van der Waals surface area contributed by atoms with Gasteiger partial charge in [-0.15, -0.1) is 0 Å². The van der Waals surface area contributed by atoms with Gasteiger partial charge < -0.3 is 8.97 Å². The Kier molecular flexibility index (Phi) is 14.2. The third-order valence-corrected chi connectivity index (χ3v) is 0. The van der Waals surface area contributed by atoms with Crippen LogP contribution in [0.5, 0.6) is 0 Å². The van der Waals surface area contributed by atoms with E-state index in [1.807, 2.05) is 0 Å². The van der Waals surface area contributed by atoms with Gasteiger partial charge in [-0.05, 0) is 0 Å². The van der Waals surface area contributed by atoms with Crippen LogP contribution in [0.3, 0.4) is 0 Å². The number of rotatable bonds is 0. The Hall–Kier alpha value is 1.38. The SMILES string of the molecule is C[N+](C)(C)C.C[N+](C)(C)C.II. The van der Waals surface area contributed by atoms with Gasteiger partial charge in [0.25, 0.3) is 0 Å². The van der Waals surface area contributed by atoms with Crippen LogP contribution in [0.25, 0.3) is 0 Å². The maximum Gasteiger partial charge on any atom is 0.0675 e. The summed E-state index contributed by atoms with van der Waals surface area (Å²) in [6, 6.07) is 0. The fraction of sp³-hybridized carbons (Fsp3) is 1.00. The highest BCUT2D eigenvalue weighted by atomic mass is 128. The summed E-state index contributed by atoms with van der Waals surface area (Å²) >= 11 is 4.24. The fourth-order valence-electron chi connectivity index (χ4n) is 0. The van der Waals surface area contributed by atoms with Crippen LogP contribution < -0.4 is 0 Å². The quantitative estimate of drug-likeness (QED) is 0.432. The number of halogens is 2. The van der Waals surface area contributed by atoms with E-state index < -0.39 is 0 Å². The Bertz CT molecular complexity index is 58.0. The molecule has 0 aromatic heterocycles. The molecule has 2 nitrogen and oxygen atoms in total. The zero-order valence-corrected chi connectivity index (χ0v) is 14.0. The van der Waals surface area contributed by atoms with E-state index in [4.69, 9.17) is 0 Å². The molecule has 0 saturated carbocycles. The van der Waals surface area contributed by atoms with Gasteiger partial charge in [-0.25, -0.2) is 0 Å². The van der Waals surface area contributed by atoms with E-state index in [0.717, 1.165) is 8.97 Å². The lowest BCUT2D eigenvalue weighted by Crippen LogP contribution is -2.27. The first-order valence-corrected chi connectivity index (χ1v) is 10.0. The van der Waals surface area contributed by atoms with Crippen LogP contribution in [0.2, 0.25) is 0 Å². The normalized spacial score (nSPS) is 10.5. The summed E-state index contributed by atoms with van der Waals surface area (Å²) < 4.78 is 2.00. The van der Waals surface area contributed by atoms with Gasteiger partial charge in [0.15, 0.2) is 0 Å². The summed E-state index contributed by atoms with van der Waals surface area (Å²) in [5, 5.41) is 0. The highest BCUT2D eigenvalue weighted by Crippen LogP contribution is 1.89. The first-order valence-electron chi connectivity index (χ1n) is 3.72. The van der Waals surface area contributed by atoms with E-state index in [2.05, 4.69) is 93.6 Å². The molecule has 0 rings (SSSR count). The molecule has 0 bridgehead atoms. The van der Waals surface area contributed by atoms with Crippen LogP contribution in [0, 0.1) is 0 Å². The molecule has 0 aromatic rings. The van der Waals surface area contributed by atoms with Gasteiger partial charge in [0.2, 0.25) is 0 Å². The number of hydrogen-bond acceptors (Lipinski definition) is 0. The van der Waals surface area contributed by atoms with E-state index in [1.165, 1.54) is 0 Å². The first-order chi connectivity index (χ1) is 5.00. The Morgan fingerprint density at radius 1 is 0.500 bits per heavy atom. The molecule has 0 aliphatic rings. The monoisotopic (exact) mass is 402 g/mol. The highest BCUT2D eigenvalue weighted by Gasteiger charge is 1.88. The molecule has 0 atom stereocenters. The smallest absolute Gasteiger partial charge is 0.0675 e. The maximum atomic E-state index is 2.12. The van der Waals surface area contributed by atoms with Crippen molar-refractivity contribution in [2.75, 3.05) is 56.4 Å². The molecule has 0 saturated heterocycles. The molecule has 0 unspecified atom stereocenters. The van der Waals surface area contributed by atoms with Crippen molar-refractivity contribution in [1.82, 2.24) is 0 Å². The van der Waals surface area contributed by atoms with E-state index in [-0.39, 0.29) is 0 Å². The minimum atomic E-state index is 1.00. The van der Waals surface area contributed by atoms with Crippen molar-refractivity contribution in [2.24, 2.45) is 0 Å². The molecule has 12 heavy (non-hydrogen) atoms. The Balaban J connectivity index is -0.000000112. The lowest BCUT2D eigenvalue weighted by atomic mass is 10.8. The van der Waals surface area contributed by atoms with Gasteiger partial charge in [0, 0.05) is 37.2 Å². The van der Waals surface area contributed by atoms with Gasteiger partial charge in [0.1, 0.15) is 0 Å². The molecule has 0 fully saturated rings. The van der Waals surface area contributed by atoms with Gasteiger partial charge in [-0.2, -0.15) is 0 Å². The van der Waals surface area contributed by atoms with Gasteiger partial charge >= 0.3 is 0 Å². The van der Waals surface area contributed by atoms with Crippen LogP contribution in [-0.4, -0.2) is 65.3 Å². The van der Waals surface area contributed by atoms with Crippen molar-refractivity contribution in [3.05, 3.63) is 0 Å². The third kappa shape index (κ3) is 644. The summed E-state index contributed by atoms with van der Waals surface area (Å²) in [6.45, 7) is 0. The van der Waals surface area contributed by atoms with Gasteiger partial charge in [-0.3, -0.25) is 0 Å². The van der Waals surface area contributed by atoms with Crippen LogP contribution in [-0.2, 0) is 0 Å². The molecule has 0 heterocycles. The average Bonchev–Trinajstić information content (AvgIpc) is 1.59. The van der Waals surface area contributed by atoms with Crippen molar-refractivity contribution >= 4 is 37.2 Å². The molecule has 0 aliphatic heterocycles. The van der Waals surface area contributed by atoms with Crippen molar-refractivity contribution in [1.29, 1.82) is 0 Å². The molecule has 0 N–H and O–H groups in total. The number of quaternary nitrogens is 2. The molecule has 78 valence electrons. The second kappa shape index (κ2) is 8.96. The topological polar surface area (TPSA) is 0 Å². The molecule has 0 radical (unpaired) electrons. The summed E-state index contributed by atoms with van der Waals surface area (Å²) in [5.41, 5.74) is 0. The predicted octanol–water partition coefficient (Wildman–Crippen LogP) is 2.42. The van der Waals surface area contributed by atoms with E-state index in [0.29, 0.717) is 0 Å². The van der Waals surface area contributed by atoms with E-state index in [1.54, 1.807) is 0 Å². The molecular formula is C8H24I2N2+2. The lowest BCUT2D eigenvalue weighted by Gasteiger charge is -2.14. The number of nitrogens with zero attached hydrogens (tertiary/aromatic N) is 2. The zero-order chi connectivity index (χ0) is 11.0. The second-order valence-corrected chi connectivity index (χ2v) is 5.37. The second-order valence-electron chi connectivity index (χ2n) is 5.37. The fourth-order valence-corrected chi connectivity index (χ4v) is 0. The van der Waals surface area contributed by atoms with Crippen molar-refractivity contribution in [3.8, 4) is 0 Å². The summed E-state index contributed by atoms with van der Waals surface area (Å²) in [7, 11) is 17.0. The lowest BCUT2D eigenvalue weighted by molar-refractivity contribution is -0.849. The molecule has 0 aliphatic carbocycles. The Morgan fingerprint density at radius 2 is 0.500 bits per heavy atom. The summed E-state index contributed by atoms with van der Waals surface area (Å²) in [4.78, 5) is 0. The summed E-state index contributed by atoms with van der Waals surface area (Å²) in [5.74, 6) is 0. The number of hydrogen-bond donors (Lipinski definition) is 0. The van der Waals surface area contributed by atoms with E-state index in [9.17, 15) is 0 Å². The summed E-state index contributed by atoms with van der Waals surface area (Å²) in [6.07, 6.45) is 0. The third-order valence-electron chi connectivity index (χ3n) is 0. The Labute approximate surface area is 102 Å². The van der Waals surface area contributed by atoms with Crippen molar-refractivity contribution in [3.63, 3.8) is 0 Å². The maximum absolute atomic E-state index is 2.12. The largest absolute Gasteiger partial charge is 0.333 e. The van der Waals surface area contributed by atoms with Crippen LogP contribution in [0.4, 0.5) is 0 Å². The molecular weight excluding hydrogens is 378 g/mol. The average molecular weight is 402 g/mol. The molecule has 0 aromatic carbocycles. The standard InChI is InChI=1S/2C4H12N.I2/c2*1-5(2,3)4;1-2/h2*1-4H3;/q2*+1;. The van der Waals surface area contributed by atoms with Gasteiger partial charge in [-0.1, -0.05) is 0 Å². The van der Waals surface area contributed by atoms with Gasteiger partial charge in [0.05, 0.1) is 56.4 Å². The highest BCUT2D eigenvalue weighted by molar-refractivity contribution is 15.0. The van der Waals surface area contributed by atoms with Crippen LogP contribution in [0.15, 0.2) is 0 Å². The van der Waals surface area contributed by atoms with Crippen molar-refractivity contribution < 1.29 is 8.97 Å².